The van der Waals surface area contributed by atoms with Gasteiger partial charge in [-0.3, -0.25) is 0 Å². The Hall–Kier alpha value is -7.80. The largest absolute Gasteiger partial charge is 0.0622 e. The summed E-state index contributed by atoms with van der Waals surface area (Å²) in [4.78, 5) is 0. The first-order chi connectivity index (χ1) is 29.8. The maximum atomic E-state index is 2.53. The van der Waals surface area contributed by atoms with Gasteiger partial charge in [0.1, 0.15) is 0 Å². The Bertz CT molecular complexity index is 3710. The predicted molar refractivity (Wildman–Crippen MR) is 259 cm³/mol. The van der Waals surface area contributed by atoms with E-state index in [1.165, 1.54) is 131 Å². The molecule has 0 heterocycles. The number of fused-ring (bicyclic) bond motifs is 8. The van der Waals surface area contributed by atoms with Crippen molar-refractivity contribution in [1.82, 2.24) is 0 Å². The lowest BCUT2D eigenvalue weighted by molar-refractivity contribution is 1.57. The molecule has 0 unspecified atom stereocenters. The van der Waals surface area contributed by atoms with Gasteiger partial charge in [-0.05, 0) is 137 Å². The lowest BCUT2D eigenvalue weighted by atomic mass is 9.83. The second kappa shape index (κ2) is 12.9. The van der Waals surface area contributed by atoms with E-state index in [0.29, 0.717) is 0 Å². The molecule has 60 heavy (non-hydrogen) atoms. The standard InChI is InChI=1S/C60H36/c1-5-18-37(19-6-1)41-28-15-29-42(38-20-7-2-8-21-38)55(41)47-34-35-50-56-46(47)31-17-33-49(56)60-54(40-24-11-4-12-25-40)58-48-32-16-30-45-43-26-13-14-27-44(43)51(57(45)48)36-52(58)53(59(50)60)39-22-9-3-10-23-39/h1-36H. The molecule has 0 aromatic heterocycles. The van der Waals surface area contributed by atoms with Crippen molar-refractivity contribution in [1.29, 1.82) is 0 Å². The van der Waals surface area contributed by atoms with E-state index in [0.717, 1.165) is 0 Å². The average Bonchev–Trinajstić information content (AvgIpc) is 3.83. The summed E-state index contributed by atoms with van der Waals surface area (Å²) in [6.45, 7) is 0. The minimum atomic E-state index is 1.21. The van der Waals surface area contributed by atoms with E-state index in [9.17, 15) is 0 Å². The zero-order valence-electron chi connectivity index (χ0n) is 32.8. The van der Waals surface area contributed by atoms with E-state index in [2.05, 4.69) is 218 Å². The molecule has 0 atom stereocenters. The predicted octanol–water partition coefficient (Wildman–Crippen LogP) is 17.0. The van der Waals surface area contributed by atoms with Crippen molar-refractivity contribution in [2.24, 2.45) is 0 Å². The van der Waals surface area contributed by atoms with Gasteiger partial charge < -0.3 is 0 Å². The van der Waals surface area contributed by atoms with Gasteiger partial charge in [-0.15, -0.1) is 0 Å². The summed E-state index contributed by atoms with van der Waals surface area (Å²) in [6, 6.07) is 81.2. The van der Waals surface area contributed by atoms with Crippen LogP contribution >= 0.6 is 0 Å². The van der Waals surface area contributed by atoms with Crippen LogP contribution in [0.1, 0.15) is 0 Å². The molecule has 13 aromatic carbocycles. The Balaban J connectivity index is 1.26. The summed E-state index contributed by atoms with van der Waals surface area (Å²) in [7, 11) is 0. The summed E-state index contributed by atoms with van der Waals surface area (Å²) in [5.41, 5.74) is 12.5. The van der Waals surface area contributed by atoms with Crippen molar-refractivity contribution < 1.29 is 0 Å². The second-order valence-electron chi connectivity index (χ2n) is 16.2. The SMILES string of the molecule is c1ccc(-c2cccc(-c3ccccc3)c2-c2ccc3c4c(-c5ccccc5)c5cc6c7ccccc7c7cccc(c5c(-c5ccccc5)c4c4cccc2c34)c76)cc1. The van der Waals surface area contributed by atoms with E-state index in [4.69, 9.17) is 0 Å². The summed E-state index contributed by atoms with van der Waals surface area (Å²) >= 11 is 0. The molecule has 0 nitrogen and oxygen atoms in total. The van der Waals surface area contributed by atoms with Gasteiger partial charge in [0.2, 0.25) is 0 Å². The molecule has 0 amide bonds. The quantitative estimate of drug-likeness (QED) is 0.153. The Morgan fingerprint density at radius 2 is 0.583 bits per heavy atom. The van der Waals surface area contributed by atoms with Gasteiger partial charge in [0.25, 0.3) is 0 Å². The van der Waals surface area contributed by atoms with E-state index in [-0.39, 0.29) is 0 Å². The molecule has 0 aliphatic heterocycles. The first-order valence-corrected chi connectivity index (χ1v) is 20.9. The Morgan fingerprint density at radius 1 is 0.167 bits per heavy atom. The molecule has 0 spiro atoms. The third kappa shape index (κ3) is 4.62. The van der Waals surface area contributed by atoms with E-state index in [1.807, 2.05) is 0 Å². The molecule has 0 saturated heterocycles. The van der Waals surface area contributed by atoms with Crippen molar-refractivity contribution >= 4 is 75.4 Å². The highest BCUT2D eigenvalue weighted by atomic mass is 14.3. The fraction of sp³-hybridized carbons (Fsp3) is 0. The van der Waals surface area contributed by atoms with Crippen LogP contribution in [0.2, 0.25) is 0 Å². The average molecular weight is 757 g/mol. The molecule has 13 rings (SSSR count). The van der Waals surface area contributed by atoms with Crippen LogP contribution in [0.3, 0.4) is 0 Å². The molecule has 0 fully saturated rings. The Morgan fingerprint density at radius 3 is 1.20 bits per heavy atom. The molecule has 0 saturated carbocycles. The molecule has 0 bridgehead atoms. The zero-order valence-corrected chi connectivity index (χ0v) is 32.8. The number of rotatable bonds is 5. The number of hydrogen-bond acceptors (Lipinski definition) is 0. The van der Waals surface area contributed by atoms with Crippen molar-refractivity contribution in [2.45, 2.75) is 0 Å². The third-order valence-electron chi connectivity index (χ3n) is 13.1. The number of hydrogen-bond donors (Lipinski definition) is 0. The topological polar surface area (TPSA) is 0 Å². The lowest BCUT2D eigenvalue weighted by Crippen LogP contribution is -1.92. The highest BCUT2D eigenvalue weighted by Gasteiger charge is 2.27. The first-order valence-electron chi connectivity index (χ1n) is 20.9. The van der Waals surface area contributed by atoms with Crippen molar-refractivity contribution in [3.8, 4) is 55.6 Å². The summed E-state index contributed by atoms with van der Waals surface area (Å²) < 4.78 is 0. The van der Waals surface area contributed by atoms with Crippen LogP contribution in [0.4, 0.5) is 0 Å². The molecule has 276 valence electrons. The smallest absolute Gasteiger partial charge is 0.000719 e. The van der Waals surface area contributed by atoms with Crippen LogP contribution in [-0.4, -0.2) is 0 Å². The van der Waals surface area contributed by atoms with Crippen LogP contribution in [0.25, 0.3) is 131 Å². The van der Waals surface area contributed by atoms with E-state index in [1.54, 1.807) is 0 Å². The number of benzene rings is 11. The third-order valence-corrected chi connectivity index (χ3v) is 13.1. The maximum absolute atomic E-state index is 2.53. The van der Waals surface area contributed by atoms with Crippen LogP contribution in [0, 0.1) is 0 Å². The maximum Gasteiger partial charge on any atom is -0.000719 e. The molecule has 0 N–H and O–H groups in total. The molecule has 0 heteroatoms. The molecular formula is C60H36. The van der Waals surface area contributed by atoms with Crippen LogP contribution in [-0.2, 0) is 0 Å². The molecule has 0 aliphatic rings. The van der Waals surface area contributed by atoms with Gasteiger partial charge in [0.15, 0.2) is 0 Å². The monoisotopic (exact) mass is 756 g/mol. The Labute approximate surface area is 347 Å². The highest BCUT2D eigenvalue weighted by Crippen LogP contribution is 2.56. The normalized spacial score (nSPS) is 12.0. The fourth-order valence-corrected chi connectivity index (χ4v) is 10.8. The fourth-order valence-electron chi connectivity index (χ4n) is 10.8. The van der Waals surface area contributed by atoms with Gasteiger partial charge in [-0.25, -0.2) is 0 Å². The minimum absolute atomic E-state index is 1.21. The molecule has 0 radical (unpaired) electrons. The van der Waals surface area contributed by atoms with Gasteiger partial charge in [-0.1, -0.05) is 212 Å². The molecule has 13 aromatic rings. The van der Waals surface area contributed by atoms with Crippen LogP contribution < -0.4 is 0 Å². The van der Waals surface area contributed by atoms with Gasteiger partial charge in [0.05, 0.1) is 0 Å². The van der Waals surface area contributed by atoms with Crippen molar-refractivity contribution in [2.75, 3.05) is 0 Å². The van der Waals surface area contributed by atoms with Crippen molar-refractivity contribution in [3.05, 3.63) is 218 Å². The Kier molecular flexibility index (Phi) is 7.11. The van der Waals surface area contributed by atoms with Gasteiger partial charge in [-0.2, -0.15) is 0 Å². The highest BCUT2D eigenvalue weighted by molar-refractivity contribution is 6.45. The molecular weight excluding hydrogens is 721 g/mol. The summed E-state index contributed by atoms with van der Waals surface area (Å²) in [5.74, 6) is 0. The summed E-state index contributed by atoms with van der Waals surface area (Å²) in [5, 5.41) is 18.4. The summed E-state index contributed by atoms with van der Waals surface area (Å²) in [6.07, 6.45) is 0. The van der Waals surface area contributed by atoms with Crippen molar-refractivity contribution in [3.63, 3.8) is 0 Å². The van der Waals surface area contributed by atoms with E-state index >= 15 is 0 Å². The second-order valence-corrected chi connectivity index (χ2v) is 16.2. The zero-order chi connectivity index (χ0) is 39.3. The van der Waals surface area contributed by atoms with Gasteiger partial charge >= 0.3 is 0 Å². The van der Waals surface area contributed by atoms with Crippen LogP contribution in [0.5, 0.6) is 0 Å². The minimum Gasteiger partial charge on any atom is -0.0622 e. The lowest BCUT2D eigenvalue weighted by Gasteiger charge is -2.19. The first kappa shape index (κ1) is 33.2. The van der Waals surface area contributed by atoms with E-state index < -0.39 is 0 Å². The van der Waals surface area contributed by atoms with Gasteiger partial charge in [0, 0.05) is 0 Å². The van der Waals surface area contributed by atoms with Crippen LogP contribution in [0.15, 0.2) is 218 Å². The molecule has 0 aliphatic carbocycles.